The maximum absolute atomic E-state index is 13.7. The van der Waals surface area contributed by atoms with E-state index in [-0.39, 0.29) is 5.82 Å². The molecular weight excluding hydrogens is 293 g/mol. The highest BCUT2D eigenvalue weighted by molar-refractivity contribution is 9.10. The number of hydrogen-bond acceptors (Lipinski definition) is 1. The number of fused-ring (bicyclic) bond motifs is 5. The number of hydrogen-bond donors (Lipinski definition) is 1. The lowest BCUT2D eigenvalue weighted by Crippen LogP contribution is -2.23. The van der Waals surface area contributed by atoms with Gasteiger partial charge in [-0.2, -0.15) is 0 Å². The van der Waals surface area contributed by atoms with E-state index in [4.69, 9.17) is 0 Å². The fourth-order valence-corrected chi connectivity index (χ4v) is 4.82. The smallest absolute Gasteiger partial charge is 0.128 e. The maximum atomic E-state index is 13.7. The van der Waals surface area contributed by atoms with Crippen molar-refractivity contribution in [2.45, 2.75) is 31.8 Å². The molecule has 18 heavy (non-hydrogen) atoms. The van der Waals surface area contributed by atoms with Crippen molar-refractivity contribution in [3.63, 3.8) is 0 Å². The van der Waals surface area contributed by atoms with E-state index in [1.165, 1.54) is 19.3 Å². The molecule has 0 aromatic heterocycles. The summed E-state index contributed by atoms with van der Waals surface area (Å²) in [5, 5.41) is 3.58. The summed E-state index contributed by atoms with van der Waals surface area (Å²) < 4.78 is 14.5. The first-order valence-corrected chi connectivity index (χ1v) is 7.70. The Morgan fingerprint density at radius 1 is 1.22 bits per heavy atom. The number of halogens is 2. The van der Waals surface area contributed by atoms with Crippen molar-refractivity contribution >= 4 is 15.9 Å². The molecule has 0 aliphatic heterocycles. The van der Waals surface area contributed by atoms with Crippen molar-refractivity contribution in [3.8, 4) is 0 Å². The van der Waals surface area contributed by atoms with Crippen molar-refractivity contribution in [2.24, 2.45) is 23.7 Å². The summed E-state index contributed by atoms with van der Waals surface area (Å²) in [7, 11) is 0. The molecule has 3 heteroatoms. The summed E-state index contributed by atoms with van der Waals surface area (Å²) in [6, 6.07) is 6.02. The Labute approximate surface area is 115 Å². The van der Waals surface area contributed by atoms with E-state index in [2.05, 4.69) is 21.2 Å². The third-order valence-electron chi connectivity index (χ3n) is 5.28. The predicted molar refractivity (Wildman–Crippen MR) is 72.5 cm³/mol. The van der Waals surface area contributed by atoms with Crippen LogP contribution in [0, 0.1) is 29.5 Å². The zero-order valence-electron chi connectivity index (χ0n) is 10.2. The molecule has 4 rings (SSSR count). The van der Waals surface area contributed by atoms with Gasteiger partial charge in [-0.25, -0.2) is 4.39 Å². The summed E-state index contributed by atoms with van der Waals surface area (Å²) in [5.41, 5.74) is 0.788. The van der Waals surface area contributed by atoms with Crippen LogP contribution in [-0.2, 0) is 6.54 Å². The summed E-state index contributed by atoms with van der Waals surface area (Å²) in [4.78, 5) is 0. The van der Waals surface area contributed by atoms with Crippen LogP contribution in [0.2, 0.25) is 0 Å². The van der Waals surface area contributed by atoms with Crippen LogP contribution in [0.5, 0.6) is 0 Å². The molecule has 0 spiro atoms. The van der Waals surface area contributed by atoms with E-state index in [0.29, 0.717) is 12.6 Å². The fourth-order valence-electron chi connectivity index (χ4n) is 4.49. The molecule has 3 aliphatic carbocycles. The van der Waals surface area contributed by atoms with Gasteiger partial charge < -0.3 is 5.32 Å². The molecule has 1 aromatic rings. The number of benzene rings is 1. The fraction of sp³-hybridized carbons (Fsp3) is 0.600. The van der Waals surface area contributed by atoms with Gasteiger partial charge in [-0.3, -0.25) is 0 Å². The molecular formula is C15H17BrFN. The number of nitrogens with one attached hydrogen (secondary N) is 1. The van der Waals surface area contributed by atoms with Crippen LogP contribution in [0.25, 0.3) is 0 Å². The summed E-state index contributed by atoms with van der Waals surface area (Å²) in [5.74, 6) is 3.69. The molecule has 3 aliphatic rings. The van der Waals surface area contributed by atoms with E-state index in [1.807, 2.05) is 12.1 Å². The molecule has 3 fully saturated rings. The van der Waals surface area contributed by atoms with Gasteiger partial charge in [-0.05, 0) is 55.1 Å². The molecule has 2 bridgehead atoms. The lowest BCUT2D eigenvalue weighted by molar-refractivity contribution is 0.456. The Morgan fingerprint density at radius 2 is 1.94 bits per heavy atom. The van der Waals surface area contributed by atoms with Crippen molar-refractivity contribution in [1.82, 2.24) is 5.32 Å². The van der Waals surface area contributed by atoms with Crippen molar-refractivity contribution in [3.05, 3.63) is 34.1 Å². The quantitative estimate of drug-likeness (QED) is 0.897. The molecule has 4 atom stereocenters. The largest absolute Gasteiger partial charge is 0.309 e. The minimum Gasteiger partial charge on any atom is -0.309 e. The summed E-state index contributed by atoms with van der Waals surface area (Å²) in [6.07, 6.45) is 4.35. The topological polar surface area (TPSA) is 12.0 Å². The Kier molecular flexibility index (Phi) is 2.56. The second-order valence-electron chi connectivity index (χ2n) is 6.13. The monoisotopic (exact) mass is 309 g/mol. The van der Waals surface area contributed by atoms with Crippen LogP contribution in [0.15, 0.2) is 22.7 Å². The molecule has 0 heterocycles. The lowest BCUT2D eigenvalue weighted by atomic mass is 10.0. The van der Waals surface area contributed by atoms with Gasteiger partial charge in [-0.15, -0.1) is 0 Å². The van der Waals surface area contributed by atoms with E-state index in [0.717, 1.165) is 33.7 Å². The second kappa shape index (κ2) is 4.04. The molecule has 0 saturated heterocycles. The van der Waals surface area contributed by atoms with Crippen LogP contribution in [-0.4, -0.2) is 6.04 Å². The molecule has 0 amide bonds. The lowest BCUT2D eigenvalue weighted by Gasteiger charge is -2.11. The predicted octanol–water partition coefficient (Wildman–Crippen LogP) is 3.72. The summed E-state index contributed by atoms with van der Waals surface area (Å²) >= 11 is 3.29. The normalized spacial score (nSPS) is 40.0. The highest BCUT2D eigenvalue weighted by atomic mass is 79.9. The Balaban J connectivity index is 1.40. The minimum absolute atomic E-state index is 0.106. The first-order chi connectivity index (χ1) is 8.74. The van der Waals surface area contributed by atoms with Crippen LogP contribution in [0.1, 0.15) is 24.8 Å². The Hall–Kier alpha value is -0.410. The molecule has 0 radical (unpaired) electrons. The first-order valence-electron chi connectivity index (χ1n) is 6.91. The van der Waals surface area contributed by atoms with Gasteiger partial charge >= 0.3 is 0 Å². The highest BCUT2D eigenvalue weighted by Gasteiger charge is 2.64. The highest BCUT2D eigenvalue weighted by Crippen LogP contribution is 2.65. The van der Waals surface area contributed by atoms with Gasteiger partial charge in [0.05, 0.1) is 0 Å². The van der Waals surface area contributed by atoms with E-state index < -0.39 is 0 Å². The van der Waals surface area contributed by atoms with Crippen LogP contribution in [0.3, 0.4) is 0 Å². The van der Waals surface area contributed by atoms with Gasteiger partial charge in [0.25, 0.3) is 0 Å². The molecule has 3 saturated carbocycles. The SMILES string of the molecule is Fc1cc(Br)ccc1CNC1C2C3CCC(C3)C12. The molecule has 1 N–H and O–H groups in total. The van der Waals surface area contributed by atoms with Crippen molar-refractivity contribution in [2.75, 3.05) is 0 Å². The van der Waals surface area contributed by atoms with Gasteiger partial charge in [0.2, 0.25) is 0 Å². The third kappa shape index (κ3) is 1.67. The van der Waals surface area contributed by atoms with Gasteiger partial charge in [0.1, 0.15) is 5.82 Å². The standard InChI is InChI=1S/C15H17BrFN/c16-11-4-3-10(12(17)6-11)7-18-15-13-8-1-2-9(5-8)14(13)15/h3-4,6,8-9,13-15,18H,1-2,5,7H2. The van der Waals surface area contributed by atoms with Gasteiger partial charge in [0, 0.05) is 22.6 Å². The van der Waals surface area contributed by atoms with Crippen LogP contribution < -0.4 is 5.32 Å². The zero-order chi connectivity index (χ0) is 12.3. The van der Waals surface area contributed by atoms with Crippen LogP contribution >= 0.6 is 15.9 Å². The average molecular weight is 310 g/mol. The maximum Gasteiger partial charge on any atom is 0.128 e. The number of rotatable bonds is 3. The molecule has 4 unspecified atom stereocenters. The molecule has 1 nitrogen and oxygen atoms in total. The Morgan fingerprint density at radius 3 is 2.61 bits per heavy atom. The second-order valence-corrected chi connectivity index (χ2v) is 7.05. The van der Waals surface area contributed by atoms with E-state index in [1.54, 1.807) is 6.07 Å². The molecule has 96 valence electrons. The van der Waals surface area contributed by atoms with Gasteiger partial charge in [-0.1, -0.05) is 22.0 Å². The third-order valence-corrected chi connectivity index (χ3v) is 5.77. The molecule has 1 aromatic carbocycles. The zero-order valence-corrected chi connectivity index (χ0v) is 11.8. The van der Waals surface area contributed by atoms with Gasteiger partial charge in [0.15, 0.2) is 0 Å². The first kappa shape index (κ1) is 11.4. The van der Waals surface area contributed by atoms with Crippen molar-refractivity contribution in [1.29, 1.82) is 0 Å². The average Bonchev–Trinajstić information content (AvgIpc) is 2.75. The van der Waals surface area contributed by atoms with E-state index >= 15 is 0 Å². The van der Waals surface area contributed by atoms with E-state index in [9.17, 15) is 4.39 Å². The summed E-state index contributed by atoms with van der Waals surface area (Å²) in [6.45, 7) is 0.677. The minimum atomic E-state index is -0.106. The van der Waals surface area contributed by atoms with Crippen molar-refractivity contribution < 1.29 is 4.39 Å². The Bertz CT molecular complexity index is 473. The van der Waals surface area contributed by atoms with Crippen LogP contribution in [0.4, 0.5) is 4.39 Å².